The summed E-state index contributed by atoms with van der Waals surface area (Å²) in [6.45, 7) is 7.71. The summed E-state index contributed by atoms with van der Waals surface area (Å²) >= 11 is 3.18. The predicted molar refractivity (Wildman–Crippen MR) is 140 cm³/mol. The van der Waals surface area contributed by atoms with Gasteiger partial charge < -0.3 is 19.3 Å². The highest BCUT2D eigenvalue weighted by Gasteiger charge is 2.38. The summed E-state index contributed by atoms with van der Waals surface area (Å²) in [4.78, 5) is 12.0. The van der Waals surface area contributed by atoms with E-state index in [-0.39, 0.29) is 31.3 Å². The van der Waals surface area contributed by atoms with Gasteiger partial charge >= 0.3 is 6.09 Å². The summed E-state index contributed by atoms with van der Waals surface area (Å²) in [7, 11) is 0. The van der Waals surface area contributed by atoms with E-state index >= 15 is 0 Å². The van der Waals surface area contributed by atoms with Crippen molar-refractivity contribution in [3.8, 4) is 0 Å². The third kappa shape index (κ3) is 6.71. The van der Waals surface area contributed by atoms with Crippen LogP contribution in [0, 0.1) is 12.8 Å². The molecule has 0 aliphatic carbocycles. The molecule has 0 spiro atoms. The predicted octanol–water partition coefficient (Wildman–Crippen LogP) is 5.66. The highest BCUT2D eigenvalue weighted by atomic mass is 32.2. The van der Waals surface area contributed by atoms with Gasteiger partial charge in [-0.15, -0.1) is 10.2 Å². The first-order valence-corrected chi connectivity index (χ1v) is 13.3. The maximum Gasteiger partial charge on any atom is 0.411 e. The molecule has 1 amide bonds. The number of ether oxygens (including phenoxy) is 3. The average Bonchev–Trinajstić information content (AvgIpc) is 3.32. The molecule has 0 saturated carbocycles. The van der Waals surface area contributed by atoms with Gasteiger partial charge in [0.25, 0.3) is 0 Å². The molecule has 0 bridgehead atoms. The zero-order chi connectivity index (χ0) is 25.5. The SMILES string of the molecule is C=CCOC(=O)Nc1cccc([C@H]2O[C@@H](CSc3nnc(C)s3)[C@@H](C)[C@@H](c3ccc(CO)cc3)O2)c1. The first kappa shape index (κ1) is 26.3. The number of carbonyl (C=O) groups is 1. The van der Waals surface area contributed by atoms with Gasteiger partial charge in [-0.05, 0) is 30.2 Å². The van der Waals surface area contributed by atoms with Crippen LogP contribution in [0.1, 0.15) is 41.0 Å². The molecule has 2 N–H and O–H groups in total. The highest BCUT2D eigenvalue weighted by molar-refractivity contribution is 8.01. The van der Waals surface area contributed by atoms with Crippen molar-refractivity contribution >= 4 is 34.9 Å². The third-order valence-corrected chi connectivity index (χ3v) is 7.80. The molecule has 2 heterocycles. The van der Waals surface area contributed by atoms with E-state index in [1.165, 1.54) is 6.08 Å². The van der Waals surface area contributed by atoms with Gasteiger partial charge in [-0.25, -0.2) is 4.79 Å². The van der Waals surface area contributed by atoms with Crippen LogP contribution in [0.15, 0.2) is 65.5 Å². The summed E-state index contributed by atoms with van der Waals surface area (Å²) in [6.07, 6.45) is -0.0527. The second-order valence-corrected chi connectivity index (χ2v) is 10.8. The Morgan fingerprint density at radius 1 is 1.22 bits per heavy atom. The van der Waals surface area contributed by atoms with E-state index in [2.05, 4.69) is 29.0 Å². The topological polar surface area (TPSA) is 103 Å². The number of hydrogen-bond acceptors (Lipinski definition) is 9. The molecule has 36 heavy (non-hydrogen) atoms. The quantitative estimate of drug-likeness (QED) is 0.272. The molecule has 190 valence electrons. The number of nitrogens with one attached hydrogen (secondary N) is 1. The summed E-state index contributed by atoms with van der Waals surface area (Å²) in [5.41, 5.74) is 3.21. The minimum Gasteiger partial charge on any atom is -0.445 e. The summed E-state index contributed by atoms with van der Waals surface area (Å²) in [5.74, 6) is 0.741. The van der Waals surface area contributed by atoms with Gasteiger partial charge in [-0.2, -0.15) is 0 Å². The van der Waals surface area contributed by atoms with Crippen molar-refractivity contribution in [2.45, 2.75) is 43.3 Å². The Labute approximate surface area is 218 Å². The highest BCUT2D eigenvalue weighted by Crippen LogP contribution is 2.43. The van der Waals surface area contributed by atoms with Gasteiger partial charge in [0, 0.05) is 22.9 Å². The number of rotatable bonds is 9. The lowest BCUT2D eigenvalue weighted by Crippen LogP contribution is -2.38. The molecule has 3 aromatic rings. The van der Waals surface area contributed by atoms with Crippen molar-refractivity contribution < 1.29 is 24.1 Å². The van der Waals surface area contributed by atoms with Crippen LogP contribution in [0.25, 0.3) is 0 Å². The van der Waals surface area contributed by atoms with Gasteiger partial charge in [-0.1, -0.05) is 79.1 Å². The number of nitrogens with zero attached hydrogens (tertiary/aromatic N) is 2. The van der Waals surface area contributed by atoms with E-state index < -0.39 is 12.4 Å². The molecule has 1 aromatic heterocycles. The number of amides is 1. The second-order valence-electron chi connectivity index (χ2n) is 8.36. The van der Waals surface area contributed by atoms with Gasteiger partial charge in [0.15, 0.2) is 10.6 Å². The van der Waals surface area contributed by atoms with Crippen LogP contribution in [-0.4, -0.2) is 39.9 Å². The van der Waals surface area contributed by atoms with Gasteiger partial charge in [0.2, 0.25) is 0 Å². The lowest BCUT2D eigenvalue weighted by atomic mass is 9.91. The lowest BCUT2D eigenvalue weighted by molar-refractivity contribution is -0.268. The number of aromatic nitrogens is 2. The molecule has 10 heteroatoms. The van der Waals surface area contributed by atoms with Crippen LogP contribution in [0.2, 0.25) is 0 Å². The Kier molecular flexibility index (Phi) is 9.11. The lowest BCUT2D eigenvalue weighted by Gasteiger charge is -2.41. The third-order valence-electron chi connectivity index (χ3n) is 5.74. The van der Waals surface area contributed by atoms with Gasteiger partial charge in [-0.3, -0.25) is 5.32 Å². The Hall–Kier alpha value is -2.76. The van der Waals surface area contributed by atoms with E-state index in [1.807, 2.05) is 49.4 Å². The average molecular weight is 528 g/mol. The number of carbonyl (C=O) groups excluding carboxylic acids is 1. The molecule has 0 radical (unpaired) electrons. The molecule has 1 fully saturated rings. The van der Waals surface area contributed by atoms with Crippen LogP contribution in [-0.2, 0) is 20.8 Å². The monoisotopic (exact) mass is 527 g/mol. The zero-order valence-corrected chi connectivity index (χ0v) is 21.8. The van der Waals surface area contributed by atoms with E-state index in [0.29, 0.717) is 11.4 Å². The molecule has 1 aliphatic heterocycles. The fourth-order valence-electron chi connectivity index (χ4n) is 3.85. The number of benzene rings is 2. The first-order valence-electron chi connectivity index (χ1n) is 11.5. The number of aliphatic hydroxyl groups excluding tert-OH is 1. The molecular formula is C26H29N3O5S2. The maximum atomic E-state index is 12.0. The molecular weight excluding hydrogens is 498 g/mol. The molecule has 4 rings (SSSR count). The first-order chi connectivity index (χ1) is 17.5. The van der Waals surface area contributed by atoms with Gasteiger partial charge in [0.1, 0.15) is 11.6 Å². The van der Waals surface area contributed by atoms with E-state index in [0.717, 1.165) is 26.0 Å². The van der Waals surface area contributed by atoms with Crippen molar-refractivity contribution in [2.75, 3.05) is 17.7 Å². The zero-order valence-electron chi connectivity index (χ0n) is 20.1. The van der Waals surface area contributed by atoms with Crippen LogP contribution in [0.4, 0.5) is 10.5 Å². The molecule has 2 aromatic carbocycles. The molecule has 0 unspecified atom stereocenters. The molecule has 1 aliphatic rings. The van der Waals surface area contributed by atoms with Gasteiger partial charge in [0.05, 0.1) is 18.8 Å². The van der Waals surface area contributed by atoms with E-state index in [1.54, 1.807) is 29.2 Å². The fraction of sp³-hybridized carbons (Fsp3) is 0.346. The second kappa shape index (κ2) is 12.5. The van der Waals surface area contributed by atoms with Crippen LogP contribution >= 0.6 is 23.1 Å². The van der Waals surface area contributed by atoms with Crippen molar-refractivity contribution in [1.82, 2.24) is 10.2 Å². The van der Waals surface area contributed by atoms with Crippen molar-refractivity contribution in [1.29, 1.82) is 0 Å². The van der Waals surface area contributed by atoms with E-state index in [4.69, 9.17) is 14.2 Å². The van der Waals surface area contributed by atoms with Crippen LogP contribution in [0.5, 0.6) is 0 Å². The Balaban J connectivity index is 1.56. The molecule has 4 atom stereocenters. The Bertz CT molecular complexity index is 1170. The fourth-order valence-corrected chi connectivity index (χ4v) is 5.86. The number of hydrogen-bond donors (Lipinski definition) is 2. The summed E-state index contributed by atoms with van der Waals surface area (Å²) in [5, 5.41) is 21.4. The van der Waals surface area contributed by atoms with Crippen LogP contribution < -0.4 is 5.32 Å². The summed E-state index contributed by atoms with van der Waals surface area (Å²) < 4.78 is 18.9. The molecule has 8 nitrogen and oxygen atoms in total. The number of aryl methyl sites for hydroxylation is 1. The van der Waals surface area contributed by atoms with Crippen molar-refractivity contribution in [2.24, 2.45) is 5.92 Å². The summed E-state index contributed by atoms with van der Waals surface area (Å²) in [6, 6.07) is 15.1. The smallest absolute Gasteiger partial charge is 0.411 e. The Morgan fingerprint density at radius 2 is 2.03 bits per heavy atom. The standard InChI is InChI=1S/C26H29N3O5S2/c1-4-12-32-25(31)27-21-7-5-6-20(13-21)24-33-22(15-35-26-29-28-17(3)36-26)16(2)23(34-24)19-10-8-18(14-30)9-11-19/h4-11,13,16,22-24,30H,1,12,14-15H2,2-3H3,(H,27,31)/t16-,22+,23+,24+/m1/s1. The minimum absolute atomic E-state index is 0.0113. The Morgan fingerprint density at radius 3 is 2.72 bits per heavy atom. The minimum atomic E-state index is -0.642. The number of thioether (sulfide) groups is 1. The van der Waals surface area contributed by atoms with Crippen molar-refractivity contribution in [3.05, 3.63) is 82.9 Å². The normalized spacial score (nSPS) is 21.6. The number of aliphatic hydroxyl groups is 1. The number of anilines is 1. The maximum absolute atomic E-state index is 12.0. The van der Waals surface area contributed by atoms with Crippen LogP contribution in [0.3, 0.4) is 0 Å². The van der Waals surface area contributed by atoms with Crippen molar-refractivity contribution in [3.63, 3.8) is 0 Å². The van der Waals surface area contributed by atoms with E-state index in [9.17, 15) is 9.90 Å². The molecule has 1 saturated heterocycles. The largest absolute Gasteiger partial charge is 0.445 e.